The summed E-state index contributed by atoms with van der Waals surface area (Å²) in [6, 6.07) is 9.45. The van der Waals surface area contributed by atoms with Gasteiger partial charge in [-0.1, -0.05) is 30.2 Å². The molecule has 0 amide bonds. The van der Waals surface area contributed by atoms with E-state index in [-0.39, 0.29) is 0 Å². The molecular weight excluding hydrogens is 320 g/mol. The van der Waals surface area contributed by atoms with Gasteiger partial charge in [0.1, 0.15) is 0 Å². The predicted octanol–water partition coefficient (Wildman–Crippen LogP) is 3.79. The number of H-pyrrole nitrogens is 1. The van der Waals surface area contributed by atoms with Crippen LogP contribution in [-0.2, 0) is 6.54 Å². The molecule has 1 aromatic carbocycles. The molecule has 0 radical (unpaired) electrons. The van der Waals surface area contributed by atoms with Crippen molar-refractivity contribution in [1.29, 1.82) is 0 Å². The fraction of sp³-hybridized carbons (Fsp3) is 0.526. The van der Waals surface area contributed by atoms with E-state index < -0.39 is 0 Å². The van der Waals surface area contributed by atoms with Crippen LogP contribution < -0.4 is 0 Å². The van der Waals surface area contributed by atoms with Gasteiger partial charge in [0.15, 0.2) is 0 Å². The minimum absolute atomic E-state index is 0.742. The fourth-order valence-electron chi connectivity index (χ4n) is 4.08. The number of halogens is 1. The molecule has 4 rings (SSSR count). The van der Waals surface area contributed by atoms with Crippen LogP contribution in [0.3, 0.4) is 0 Å². The maximum absolute atomic E-state index is 5.99. The molecule has 24 heavy (non-hydrogen) atoms. The first-order valence-corrected chi connectivity index (χ1v) is 9.35. The number of piperidine rings is 1. The van der Waals surface area contributed by atoms with Crippen LogP contribution in [0.15, 0.2) is 30.5 Å². The Labute approximate surface area is 148 Å². The smallest absolute Gasteiger partial charge is 0.0695 e. The number of nitrogens with zero attached hydrogens (tertiary/aromatic N) is 3. The number of hydrogen-bond donors (Lipinski definition) is 1. The summed E-state index contributed by atoms with van der Waals surface area (Å²) >= 11 is 5.99. The van der Waals surface area contributed by atoms with Crippen molar-refractivity contribution in [3.63, 3.8) is 0 Å². The Hall–Kier alpha value is -1.36. The molecule has 1 N–H and O–H groups in total. The molecule has 0 unspecified atom stereocenters. The third kappa shape index (κ3) is 3.23. The minimum atomic E-state index is 0.742. The summed E-state index contributed by atoms with van der Waals surface area (Å²) in [5.74, 6) is 0. The van der Waals surface area contributed by atoms with Crippen LogP contribution in [0.1, 0.15) is 31.7 Å². The lowest BCUT2D eigenvalue weighted by atomic mass is 9.97. The monoisotopic (exact) mass is 344 g/mol. The van der Waals surface area contributed by atoms with Gasteiger partial charge in [0.25, 0.3) is 0 Å². The van der Waals surface area contributed by atoms with Crippen LogP contribution in [0, 0.1) is 0 Å². The molecule has 2 aromatic rings. The Morgan fingerprint density at radius 2 is 2.00 bits per heavy atom. The second kappa shape index (κ2) is 6.87. The van der Waals surface area contributed by atoms with Gasteiger partial charge in [0.05, 0.1) is 11.9 Å². The van der Waals surface area contributed by atoms with Crippen LogP contribution in [0.2, 0.25) is 5.02 Å². The first-order chi connectivity index (χ1) is 11.7. The number of aromatic amines is 1. The highest BCUT2D eigenvalue weighted by atomic mass is 35.5. The molecular formula is C19H25ClN4. The quantitative estimate of drug-likeness (QED) is 0.916. The minimum Gasteiger partial charge on any atom is -0.296 e. The van der Waals surface area contributed by atoms with Crippen molar-refractivity contribution in [2.45, 2.75) is 44.8 Å². The van der Waals surface area contributed by atoms with Crippen molar-refractivity contribution < 1.29 is 0 Å². The average molecular weight is 345 g/mol. The molecule has 0 aliphatic carbocycles. The maximum Gasteiger partial charge on any atom is 0.0695 e. The lowest BCUT2D eigenvalue weighted by Gasteiger charge is -2.49. The largest absolute Gasteiger partial charge is 0.296 e. The molecule has 5 heteroatoms. The number of rotatable bonds is 4. The molecule has 0 saturated carbocycles. The predicted molar refractivity (Wildman–Crippen MR) is 98.1 cm³/mol. The lowest BCUT2D eigenvalue weighted by Crippen LogP contribution is -2.61. The van der Waals surface area contributed by atoms with Crippen molar-refractivity contribution in [3.05, 3.63) is 41.0 Å². The van der Waals surface area contributed by atoms with E-state index in [2.05, 4.69) is 26.9 Å². The zero-order valence-corrected chi connectivity index (χ0v) is 15.0. The van der Waals surface area contributed by atoms with Gasteiger partial charge in [0, 0.05) is 42.3 Å². The van der Waals surface area contributed by atoms with Crippen molar-refractivity contribution >= 4 is 11.6 Å². The van der Waals surface area contributed by atoms with Crippen LogP contribution in [-0.4, -0.2) is 51.7 Å². The van der Waals surface area contributed by atoms with Crippen LogP contribution in [0.4, 0.5) is 0 Å². The summed E-state index contributed by atoms with van der Waals surface area (Å²) in [6.45, 7) is 6.98. The molecule has 1 aromatic heterocycles. The standard InChI is InChI=1S/C19H25ClN4/c1-14-4-2-3-9-24(14)18-12-23(13-18)11-16-10-21-22-19(16)15-5-7-17(20)8-6-15/h5-8,10,14,18H,2-4,9,11-13H2,1H3,(H,21,22)/t14-/m1/s1. The molecule has 3 heterocycles. The SMILES string of the molecule is C[C@@H]1CCCCN1C1CN(Cc2cn[nH]c2-c2ccc(Cl)cc2)C1. The molecule has 2 aliphatic rings. The van der Waals surface area contributed by atoms with E-state index >= 15 is 0 Å². The second-order valence-corrected chi connectivity index (χ2v) is 7.64. The summed E-state index contributed by atoms with van der Waals surface area (Å²) in [5.41, 5.74) is 3.53. The number of nitrogens with one attached hydrogen (secondary N) is 1. The summed E-state index contributed by atoms with van der Waals surface area (Å²) in [6.07, 6.45) is 6.08. The Morgan fingerprint density at radius 1 is 1.21 bits per heavy atom. The van der Waals surface area contributed by atoms with Gasteiger partial charge < -0.3 is 0 Å². The molecule has 1 atom stereocenters. The van der Waals surface area contributed by atoms with Gasteiger partial charge in [-0.25, -0.2) is 0 Å². The Bertz CT molecular complexity index is 675. The van der Waals surface area contributed by atoms with E-state index in [1.807, 2.05) is 30.5 Å². The van der Waals surface area contributed by atoms with Crippen molar-refractivity contribution in [1.82, 2.24) is 20.0 Å². The fourth-order valence-corrected chi connectivity index (χ4v) is 4.21. The van der Waals surface area contributed by atoms with Crippen LogP contribution in [0.25, 0.3) is 11.3 Å². The van der Waals surface area contributed by atoms with E-state index in [1.54, 1.807) is 0 Å². The van der Waals surface area contributed by atoms with E-state index in [1.165, 1.54) is 44.5 Å². The van der Waals surface area contributed by atoms with Crippen molar-refractivity contribution in [2.24, 2.45) is 0 Å². The third-order valence-electron chi connectivity index (χ3n) is 5.51. The van der Waals surface area contributed by atoms with Crippen molar-refractivity contribution in [3.8, 4) is 11.3 Å². The first-order valence-electron chi connectivity index (χ1n) is 8.97. The van der Waals surface area contributed by atoms with Gasteiger partial charge in [0.2, 0.25) is 0 Å². The van der Waals surface area contributed by atoms with Crippen molar-refractivity contribution in [2.75, 3.05) is 19.6 Å². The van der Waals surface area contributed by atoms with E-state index in [4.69, 9.17) is 11.6 Å². The molecule has 128 valence electrons. The normalized spacial score (nSPS) is 23.3. The number of aromatic nitrogens is 2. The highest BCUT2D eigenvalue weighted by Gasteiger charge is 2.35. The summed E-state index contributed by atoms with van der Waals surface area (Å²) in [5, 5.41) is 8.17. The van der Waals surface area contributed by atoms with Crippen LogP contribution in [0.5, 0.6) is 0 Å². The summed E-state index contributed by atoms with van der Waals surface area (Å²) in [7, 11) is 0. The van der Waals surface area contributed by atoms with E-state index in [0.717, 1.165) is 34.9 Å². The van der Waals surface area contributed by atoms with Gasteiger partial charge >= 0.3 is 0 Å². The Morgan fingerprint density at radius 3 is 2.75 bits per heavy atom. The average Bonchev–Trinajstić information content (AvgIpc) is 3.00. The van der Waals surface area contributed by atoms with Gasteiger partial charge in [-0.3, -0.25) is 14.9 Å². The molecule has 0 bridgehead atoms. The number of likely N-dealkylation sites (tertiary alicyclic amines) is 2. The third-order valence-corrected chi connectivity index (χ3v) is 5.76. The Balaban J connectivity index is 1.38. The molecule has 2 fully saturated rings. The van der Waals surface area contributed by atoms with Crippen LogP contribution >= 0.6 is 11.6 Å². The zero-order chi connectivity index (χ0) is 16.5. The zero-order valence-electron chi connectivity index (χ0n) is 14.2. The highest BCUT2D eigenvalue weighted by Crippen LogP contribution is 2.28. The van der Waals surface area contributed by atoms with Gasteiger partial charge in [-0.15, -0.1) is 0 Å². The lowest BCUT2D eigenvalue weighted by molar-refractivity contribution is -0.00613. The molecule has 4 nitrogen and oxygen atoms in total. The maximum atomic E-state index is 5.99. The molecule has 0 spiro atoms. The van der Waals surface area contributed by atoms with E-state index in [0.29, 0.717) is 0 Å². The summed E-state index contributed by atoms with van der Waals surface area (Å²) < 4.78 is 0. The first kappa shape index (κ1) is 16.1. The van der Waals surface area contributed by atoms with Gasteiger partial charge in [-0.05, 0) is 44.0 Å². The number of benzene rings is 1. The Kier molecular flexibility index (Phi) is 4.61. The summed E-state index contributed by atoms with van der Waals surface area (Å²) in [4.78, 5) is 5.24. The van der Waals surface area contributed by atoms with Gasteiger partial charge in [-0.2, -0.15) is 5.10 Å². The second-order valence-electron chi connectivity index (χ2n) is 7.21. The van der Waals surface area contributed by atoms with E-state index in [9.17, 15) is 0 Å². The topological polar surface area (TPSA) is 35.2 Å². The number of hydrogen-bond acceptors (Lipinski definition) is 3. The highest BCUT2D eigenvalue weighted by molar-refractivity contribution is 6.30. The molecule has 2 saturated heterocycles. The molecule has 2 aliphatic heterocycles.